The van der Waals surface area contributed by atoms with Crippen LogP contribution in [0.25, 0.3) is 10.9 Å². The minimum absolute atomic E-state index is 0.175. The number of carbonyl (C=O) groups excluding carboxylic acids is 1. The first kappa shape index (κ1) is 13.2. The molecule has 0 unspecified atom stereocenters. The quantitative estimate of drug-likeness (QED) is 0.787. The van der Waals surface area contributed by atoms with Gasteiger partial charge in [-0.15, -0.1) is 0 Å². The predicted octanol–water partition coefficient (Wildman–Crippen LogP) is 3.10. The molecule has 0 aliphatic carbocycles. The smallest absolute Gasteiger partial charge is 0.276 e. The maximum absolute atomic E-state index is 13.1. The van der Waals surface area contributed by atoms with Crippen molar-refractivity contribution in [3.8, 4) is 0 Å². The highest BCUT2D eigenvalue weighted by molar-refractivity contribution is 6.11. The third kappa shape index (κ3) is 2.35. The van der Waals surface area contributed by atoms with Gasteiger partial charge in [0.2, 0.25) is 0 Å². The van der Waals surface area contributed by atoms with Crippen LogP contribution in [0.1, 0.15) is 10.5 Å². The Kier molecular flexibility index (Phi) is 3.13. The molecule has 2 aromatic carbocycles. The number of carbonyl (C=O) groups is 1. The Hall–Kier alpha value is -2.76. The van der Waals surface area contributed by atoms with E-state index in [1.807, 2.05) is 12.1 Å². The molecule has 106 valence electrons. The van der Waals surface area contributed by atoms with E-state index in [2.05, 4.69) is 10.4 Å². The third-order valence-electron chi connectivity index (χ3n) is 3.15. The number of nitrogens with zero attached hydrogens (tertiary/aromatic N) is 2. The number of benzene rings is 2. The van der Waals surface area contributed by atoms with Crippen LogP contribution in [0.3, 0.4) is 0 Å². The number of aromatic nitrogens is 2. The highest BCUT2D eigenvalue weighted by Gasteiger charge is 2.16. The molecule has 21 heavy (non-hydrogen) atoms. The fourth-order valence-corrected chi connectivity index (χ4v) is 2.15. The zero-order valence-corrected chi connectivity index (χ0v) is 11.1. The Morgan fingerprint density at radius 2 is 1.90 bits per heavy atom. The van der Waals surface area contributed by atoms with Crippen LogP contribution in [0.4, 0.5) is 14.5 Å². The molecule has 0 aliphatic heterocycles. The van der Waals surface area contributed by atoms with Gasteiger partial charge in [0.1, 0.15) is 0 Å². The zero-order chi connectivity index (χ0) is 15.0. The first-order valence-corrected chi connectivity index (χ1v) is 6.24. The van der Waals surface area contributed by atoms with Gasteiger partial charge >= 0.3 is 0 Å². The zero-order valence-electron chi connectivity index (χ0n) is 11.1. The number of fused-ring (bicyclic) bond motifs is 1. The molecule has 1 N–H and O–H groups in total. The number of rotatable bonds is 2. The lowest BCUT2D eigenvalue weighted by Gasteiger charge is -2.04. The number of amides is 1. The molecular formula is C15H11F2N3O. The van der Waals surface area contributed by atoms with Crippen molar-refractivity contribution < 1.29 is 13.6 Å². The fraction of sp³-hybridized carbons (Fsp3) is 0.0667. The van der Waals surface area contributed by atoms with Crippen LogP contribution in [-0.4, -0.2) is 15.7 Å². The number of hydrogen-bond donors (Lipinski definition) is 1. The standard InChI is InChI=1S/C15H11F2N3O/c1-20-13-5-3-2-4-10(13)14(19-20)15(21)18-9-6-7-11(16)12(17)8-9/h2-8H,1H3,(H,18,21). The molecule has 1 aromatic heterocycles. The second-order valence-corrected chi connectivity index (χ2v) is 4.57. The Morgan fingerprint density at radius 3 is 2.67 bits per heavy atom. The van der Waals surface area contributed by atoms with Gasteiger partial charge in [0.15, 0.2) is 17.3 Å². The monoisotopic (exact) mass is 287 g/mol. The summed E-state index contributed by atoms with van der Waals surface area (Å²) >= 11 is 0. The van der Waals surface area contributed by atoms with Crippen molar-refractivity contribution in [1.29, 1.82) is 0 Å². The second-order valence-electron chi connectivity index (χ2n) is 4.57. The van der Waals surface area contributed by atoms with Gasteiger partial charge in [-0.3, -0.25) is 9.48 Å². The van der Waals surface area contributed by atoms with Crippen LogP contribution < -0.4 is 5.32 Å². The molecular weight excluding hydrogens is 276 g/mol. The van der Waals surface area contributed by atoms with Gasteiger partial charge < -0.3 is 5.32 Å². The average molecular weight is 287 g/mol. The van der Waals surface area contributed by atoms with E-state index >= 15 is 0 Å². The fourth-order valence-electron chi connectivity index (χ4n) is 2.15. The molecule has 0 spiro atoms. The van der Waals surface area contributed by atoms with Crippen LogP contribution in [0.5, 0.6) is 0 Å². The number of aryl methyl sites for hydroxylation is 1. The molecule has 0 saturated heterocycles. The molecule has 0 radical (unpaired) electrons. The van der Waals surface area contributed by atoms with Crippen molar-refractivity contribution in [2.24, 2.45) is 7.05 Å². The molecule has 0 aliphatic rings. The molecule has 0 fully saturated rings. The largest absolute Gasteiger partial charge is 0.320 e. The topological polar surface area (TPSA) is 46.9 Å². The SMILES string of the molecule is Cn1nc(C(=O)Nc2ccc(F)c(F)c2)c2ccccc21. The summed E-state index contributed by atoms with van der Waals surface area (Å²) in [7, 11) is 1.73. The third-order valence-corrected chi connectivity index (χ3v) is 3.15. The Bertz CT molecular complexity index is 842. The lowest BCUT2D eigenvalue weighted by Crippen LogP contribution is -2.13. The highest BCUT2D eigenvalue weighted by Crippen LogP contribution is 2.19. The number of hydrogen-bond acceptors (Lipinski definition) is 2. The van der Waals surface area contributed by atoms with Crippen molar-refractivity contribution >= 4 is 22.5 Å². The first-order chi connectivity index (χ1) is 10.1. The van der Waals surface area contributed by atoms with Crippen LogP contribution in [0, 0.1) is 11.6 Å². The van der Waals surface area contributed by atoms with Crippen molar-refractivity contribution in [2.45, 2.75) is 0 Å². The molecule has 0 saturated carbocycles. The average Bonchev–Trinajstić information content (AvgIpc) is 2.81. The molecule has 1 heterocycles. The van der Waals surface area contributed by atoms with Crippen LogP contribution in [0.2, 0.25) is 0 Å². The maximum Gasteiger partial charge on any atom is 0.276 e. The van der Waals surface area contributed by atoms with E-state index in [1.165, 1.54) is 6.07 Å². The summed E-state index contributed by atoms with van der Waals surface area (Å²) in [6.07, 6.45) is 0. The van der Waals surface area contributed by atoms with Gasteiger partial charge in [-0.1, -0.05) is 18.2 Å². The first-order valence-electron chi connectivity index (χ1n) is 6.24. The van der Waals surface area contributed by atoms with Crippen LogP contribution in [-0.2, 0) is 7.05 Å². The van der Waals surface area contributed by atoms with Gasteiger partial charge in [-0.25, -0.2) is 8.78 Å². The summed E-state index contributed by atoms with van der Waals surface area (Å²) in [5.74, 6) is -2.45. The van der Waals surface area contributed by atoms with Crippen molar-refractivity contribution in [1.82, 2.24) is 9.78 Å². The van der Waals surface area contributed by atoms with E-state index in [-0.39, 0.29) is 11.4 Å². The van der Waals surface area contributed by atoms with Crippen molar-refractivity contribution in [2.75, 3.05) is 5.32 Å². The summed E-state index contributed by atoms with van der Waals surface area (Å²) < 4.78 is 27.6. The molecule has 3 rings (SSSR count). The van der Waals surface area contributed by atoms with Gasteiger partial charge in [-0.2, -0.15) is 5.10 Å². The summed E-state index contributed by atoms with van der Waals surface area (Å²) in [6.45, 7) is 0. The summed E-state index contributed by atoms with van der Waals surface area (Å²) in [4.78, 5) is 12.2. The second kappa shape index (κ2) is 4.97. The molecule has 1 amide bonds. The van der Waals surface area contributed by atoms with Crippen molar-refractivity contribution in [3.63, 3.8) is 0 Å². The van der Waals surface area contributed by atoms with E-state index in [1.54, 1.807) is 23.9 Å². The highest BCUT2D eigenvalue weighted by atomic mass is 19.2. The van der Waals surface area contributed by atoms with Crippen LogP contribution in [0.15, 0.2) is 42.5 Å². The lowest BCUT2D eigenvalue weighted by molar-refractivity contribution is 0.102. The molecule has 3 aromatic rings. The van der Waals surface area contributed by atoms with E-state index in [0.29, 0.717) is 5.39 Å². The normalized spacial score (nSPS) is 10.8. The lowest BCUT2D eigenvalue weighted by atomic mass is 10.2. The number of halogens is 2. The van der Waals surface area contributed by atoms with Gasteiger partial charge in [0, 0.05) is 24.2 Å². The molecule has 0 atom stereocenters. The minimum atomic E-state index is -1.02. The summed E-state index contributed by atoms with van der Waals surface area (Å²) in [5.41, 5.74) is 1.22. The van der Waals surface area contributed by atoms with Crippen LogP contribution >= 0.6 is 0 Å². The Balaban J connectivity index is 1.95. The van der Waals surface area contributed by atoms with Gasteiger partial charge in [-0.05, 0) is 18.2 Å². The number of nitrogens with one attached hydrogen (secondary N) is 1. The van der Waals surface area contributed by atoms with Gasteiger partial charge in [0.05, 0.1) is 5.52 Å². The molecule has 4 nitrogen and oxygen atoms in total. The maximum atomic E-state index is 13.1. The van der Waals surface area contributed by atoms with E-state index in [4.69, 9.17) is 0 Å². The molecule has 6 heteroatoms. The van der Waals surface area contributed by atoms with E-state index in [9.17, 15) is 13.6 Å². The summed E-state index contributed by atoms with van der Waals surface area (Å²) in [6, 6.07) is 10.5. The minimum Gasteiger partial charge on any atom is -0.320 e. The Morgan fingerprint density at radius 1 is 1.14 bits per heavy atom. The van der Waals surface area contributed by atoms with E-state index < -0.39 is 17.5 Å². The summed E-state index contributed by atoms with van der Waals surface area (Å²) in [5, 5.41) is 7.37. The Labute approximate surface area is 119 Å². The number of anilines is 1. The van der Waals surface area contributed by atoms with Crippen molar-refractivity contribution in [3.05, 3.63) is 59.8 Å². The predicted molar refractivity (Wildman–Crippen MR) is 75.0 cm³/mol. The van der Waals surface area contributed by atoms with Gasteiger partial charge in [0.25, 0.3) is 5.91 Å². The van der Waals surface area contributed by atoms with E-state index in [0.717, 1.165) is 17.6 Å². The molecule has 0 bridgehead atoms. The number of para-hydroxylation sites is 1.